The number of hydrogen-bond donors (Lipinski definition) is 2. The number of carboxylic acid groups (broad SMARTS) is 1. The number of methoxy groups -OCH3 is 1. The van der Waals surface area contributed by atoms with Gasteiger partial charge in [-0.3, -0.25) is 4.79 Å². The van der Waals surface area contributed by atoms with Crippen LogP contribution < -0.4 is 0 Å². The first-order valence-electron chi connectivity index (χ1n) is 6.36. The van der Waals surface area contributed by atoms with Crippen molar-refractivity contribution in [3.05, 3.63) is 0 Å². The minimum absolute atomic E-state index is 0.0111. The Bertz CT molecular complexity index is 386. The average Bonchev–Trinajstić information content (AvgIpc) is 2.79. The van der Waals surface area contributed by atoms with Crippen molar-refractivity contribution >= 4 is 18.0 Å². The highest BCUT2D eigenvalue weighted by Crippen LogP contribution is 2.19. The number of ether oxygens (including phenoxy) is 1. The van der Waals surface area contributed by atoms with Gasteiger partial charge in [0.1, 0.15) is 6.04 Å². The van der Waals surface area contributed by atoms with Gasteiger partial charge in [-0.15, -0.1) is 0 Å². The third kappa shape index (κ3) is 4.09. The predicted molar refractivity (Wildman–Crippen MR) is 68.0 cm³/mol. The van der Waals surface area contributed by atoms with E-state index in [1.54, 1.807) is 0 Å². The van der Waals surface area contributed by atoms with Gasteiger partial charge in [0, 0.05) is 33.0 Å². The van der Waals surface area contributed by atoms with Gasteiger partial charge in [0.05, 0.1) is 13.2 Å². The van der Waals surface area contributed by atoms with Crippen LogP contribution in [0.5, 0.6) is 0 Å². The molecule has 0 bridgehead atoms. The highest BCUT2D eigenvalue weighted by molar-refractivity contribution is 5.83. The summed E-state index contributed by atoms with van der Waals surface area (Å²) in [6.07, 6.45) is -0.150. The lowest BCUT2D eigenvalue weighted by molar-refractivity contribution is -0.141. The fourth-order valence-corrected chi connectivity index (χ4v) is 2.14. The first-order chi connectivity index (χ1) is 9.36. The minimum Gasteiger partial charge on any atom is -0.480 e. The van der Waals surface area contributed by atoms with Crippen LogP contribution in [-0.2, 0) is 14.3 Å². The molecule has 0 aliphatic carbocycles. The number of hydrogen-bond acceptors (Lipinski definition) is 5. The Labute approximate surface area is 116 Å². The molecule has 0 saturated carbocycles. The van der Waals surface area contributed by atoms with Crippen molar-refractivity contribution in [2.24, 2.45) is 0 Å². The van der Waals surface area contributed by atoms with Crippen LogP contribution >= 0.6 is 0 Å². The van der Waals surface area contributed by atoms with Crippen LogP contribution in [0, 0.1) is 0 Å². The summed E-state index contributed by atoms with van der Waals surface area (Å²) in [6.45, 7) is 0.323. The van der Waals surface area contributed by atoms with E-state index in [1.165, 1.54) is 19.1 Å². The van der Waals surface area contributed by atoms with Crippen LogP contribution in [0.4, 0.5) is 4.79 Å². The molecule has 1 aliphatic rings. The van der Waals surface area contributed by atoms with Gasteiger partial charge >= 0.3 is 18.0 Å². The van der Waals surface area contributed by atoms with Gasteiger partial charge in [0.2, 0.25) is 0 Å². The standard InChI is InChI=1S/C12H20N2O6/c1-13(5-3-4-10(16)20-2)12(19)14-7-8(15)6-9(14)11(17)18/h8-9,15H,3-7H2,1-2H3,(H,17,18). The third-order valence-electron chi connectivity index (χ3n) is 3.24. The molecule has 0 radical (unpaired) electrons. The number of urea groups is 1. The topological polar surface area (TPSA) is 107 Å². The van der Waals surface area contributed by atoms with Crippen LogP contribution in [0.3, 0.4) is 0 Å². The molecule has 1 heterocycles. The number of aliphatic hydroxyl groups is 1. The van der Waals surface area contributed by atoms with E-state index in [2.05, 4.69) is 4.74 Å². The number of esters is 1. The summed E-state index contributed by atoms with van der Waals surface area (Å²) in [7, 11) is 2.82. The van der Waals surface area contributed by atoms with Crippen molar-refractivity contribution in [1.29, 1.82) is 0 Å². The molecular weight excluding hydrogens is 268 g/mol. The molecule has 8 heteroatoms. The van der Waals surface area contributed by atoms with Crippen LogP contribution in [0.1, 0.15) is 19.3 Å². The van der Waals surface area contributed by atoms with E-state index in [-0.39, 0.29) is 25.4 Å². The van der Waals surface area contributed by atoms with E-state index in [0.717, 1.165) is 4.90 Å². The van der Waals surface area contributed by atoms with Crippen molar-refractivity contribution in [3.63, 3.8) is 0 Å². The molecule has 2 N–H and O–H groups in total. The summed E-state index contributed by atoms with van der Waals surface area (Å²) in [5.41, 5.74) is 0. The van der Waals surface area contributed by atoms with Gasteiger partial charge in [-0.1, -0.05) is 0 Å². The Morgan fingerprint density at radius 3 is 2.60 bits per heavy atom. The van der Waals surface area contributed by atoms with Crippen molar-refractivity contribution in [1.82, 2.24) is 9.80 Å². The molecule has 0 spiro atoms. The first kappa shape index (κ1) is 16.2. The number of likely N-dealkylation sites (tertiary alicyclic amines) is 1. The molecule has 2 atom stereocenters. The molecule has 114 valence electrons. The molecular formula is C12H20N2O6. The maximum absolute atomic E-state index is 12.1. The zero-order chi connectivity index (χ0) is 15.3. The Hall–Kier alpha value is -1.83. The second kappa shape index (κ2) is 7.09. The third-order valence-corrected chi connectivity index (χ3v) is 3.24. The second-order valence-corrected chi connectivity index (χ2v) is 4.78. The van der Waals surface area contributed by atoms with Crippen molar-refractivity contribution < 1.29 is 29.3 Å². The smallest absolute Gasteiger partial charge is 0.326 e. The highest BCUT2D eigenvalue weighted by Gasteiger charge is 2.39. The van der Waals surface area contributed by atoms with E-state index in [9.17, 15) is 19.5 Å². The summed E-state index contributed by atoms with van der Waals surface area (Å²) in [4.78, 5) is 36.6. The van der Waals surface area contributed by atoms with Crippen LogP contribution in [0.2, 0.25) is 0 Å². The number of nitrogens with zero attached hydrogens (tertiary/aromatic N) is 2. The lowest BCUT2D eigenvalue weighted by Gasteiger charge is -2.27. The van der Waals surface area contributed by atoms with Crippen LogP contribution in [0.25, 0.3) is 0 Å². The summed E-state index contributed by atoms with van der Waals surface area (Å²) in [6, 6.07) is -1.46. The van der Waals surface area contributed by atoms with E-state index >= 15 is 0 Å². The Balaban J connectivity index is 2.51. The molecule has 0 aromatic carbocycles. The Morgan fingerprint density at radius 1 is 1.40 bits per heavy atom. The quantitative estimate of drug-likeness (QED) is 0.661. The number of carbonyl (C=O) groups is 3. The van der Waals surface area contributed by atoms with E-state index in [1.807, 2.05) is 0 Å². The molecule has 2 unspecified atom stereocenters. The first-order valence-corrected chi connectivity index (χ1v) is 6.36. The molecule has 1 saturated heterocycles. The molecule has 0 aromatic heterocycles. The van der Waals surface area contributed by atoms with Crippen molar-refractivity contribution in [2.45, 2.75) is 31.4 Å². The van der Waals surface area contributed by atoms with E-state index in [0.29, 0.717) is 13.0 Å². The van der Waals surface area contributed by atoms with Crippen LogP contribution in [-0.4, -0.2) is 77.4 Å². The number of aliphatic hydroxyl groups excluding tert-OH is 1. The van der Waals surface area contributed by atoms with E-state index in [4.69, 9.17) is 5.11 Å². The van der Waals surface area contributed by atoms with Gasteiger partial charge in [0.25, 0.3) is 0 Å². The van der Waals surface area contributed by atoms with E-state index < -0.39 is 24.1 Å². The second-order valence-electron chi connectivity index (χ2n) is 4.78. The Kier molecular flexibility index (Phi) is 5.75. The highest BCUT2D eigenvalue weighted by atomic mass is 16.5. The molecule has 0 aromatic rings. The van der Waals surface area contributed by atoms with Gasteiger partial charge in [-0.05, 0) is 6.42 Å². The molecule has 20 heavy (non-hydrogen) atoms. The molecule has 2 amide bonds. The average molecular weight is 288 g/mol. The van der Waals surface area contributed by atoms with Crippen molar-refractivity contribution in [3.8, 4) is 0 Å². The van der Waals surface area contributed by atoms with Gasteiger partial charge in [-0.2, -0.15) is 0 Å². The zero-order valence-corrected chi connectivity index (χ0v) is 11.6. The monoisotopic (exact) mass is 288 g/mol. The van der Waals surface area contributed by atoms with Crippen LogP contribution in [0.15, 0.2) is 0 Å². The van der Waals surface area contributed by atoms with Gasteiger partial charge in [-0.25, -0.2) is 9.59 Å². The maximum Gasteiger partial charge on any atom is 0.326 e. The normalized spacial score (nSPS) is 21.6. The summed E-state index contributed by atoms with van der Waals surface area (Å²) >= 11 is 0. The number of carbonyl (C=O) groups excluding carboxylic acids is 2. The molecule has 1 fully saturated rings. The number of rotatable bonds is 5. The molecule has 1 aliphatic heterocycles. The minimum atomic E-state index is -1.13. The SMILES string of the molecule is COC(=O)CCCN(C)C(=O)N1CC(O)CC1C(=O)O. The summed E-state index contributed by atoms with van der Waals surface area (Å²) in [5.74, 6) is -1.48. The fourth-order valence-electron chi connectivity index (χ4n) is 2.14. The zero-order valence-electron chi connectivity index (χ0n) is 11.6. The van der Waals surface area contributed by atoms with Gasteiger partial charge in [0.15, 0.2) is 0 Å². The number of β-amino-alcohol motifs (C(OH)–C–C–N with tert-alkyl or cyclic N) is 1. The molecule has 8 nitrogen and oxygen atoms in total. The number of carboxylic acids is 1. The number of amides is 2. The Morgan fingerprint density at radius 2 is 2.05 bits per heavy atom. The maximum atomic E-state index is 12.1. The largest absolute Gasteiger partial charge is 0.480 e. The lowest BCUT2D eigenvalue weighted by atomic mass is 10.2. The molecule has 1 rings (SSSR count). The lowest BCUT2D eigenvalue weighted by Crippen LogP contribution is -2.47. The fraction of sp³-hybridized carbons (Fsp3) is 0.750. The summed E-state index contributed by atoms with van der Waals surface area (Å²) < 4.78 is 4.49. The van der Waals surface area contributed by atoms with Crippen molar-refractivity contribution in [2.75, 3.05) is 27.2 Å². The summed E-state index contributed by atoms with van der Waals surface area (Å²) in [5, 5.41) is 18.5. The number of aliphatic carboxylic acids is 1. The van der Waals surface area contributed by atoms with Gasteiger partial charge < -0.3 is 24.7 Å². The predicted octanol–water partition coefficient (Wildman–Crippen LogP) is -0.489.